The highest BCUT2D eigenvalue weighted by Crippen LogP contribution is 2.40. The fourth-order valence-electron chi connectivity index (χ4n) is 2.15. The molecule has 0 radical (unpaired) electrons. The van der Waals surface area contributed by atoms with Crippen LogP contribution in [0.25, 0.3) is 0 Å². The number of hydrogen-bond acceptors (Lipinski definition) is 2. The Labute approximate surface area is 144 Å². The third-order valence-electron chi connectivity index (χ3n) is 3.23. The summed E-state index contributed by atoms with van der Waals surface area (Å²) in [7, 11) is 0. The SMILES string of the molecule is Clc1ccc(SC(c2ccc(Cl)cc2)c2cccnc2)cc1. The van der Waals surface area contributed by atoms with Crippen molar-refractivity contribution in [3.8, 4) is 0 Å². The number of pyridine rings is 1. The molecule has 3 aromatic rings. The largest absolute Gasteiger partial charge is 0.264 e. The van der Waals surface area contributed by atoms with Gasteiger partial charge in [-0.2, -0.15) is 0 Å². The molecule has 22 heavy (non-hydrogen) atoms. The summed E-state index contributed by atoms with van der Waals surface area (Å²) < 4.78 is 0. The van der Waals surface area contributed by atoms with E-state index < -0.39 is 0 Å². The van der Waals surface area contributed by atoms with Gasteiger partial charge in [0, 0.05) is 27.3 Å². The smallest absolute Gasteiger partial charge is 0.0609 e. The summed E-state index contributed by atoms with van der Waals surface area (Å²) in [4.78, 5) is 5.40. The van der Waals surface area contributed by atoms with Crippen LogP contribution in [0.5, 0.6) is 0 Å². The Hall–Kier alpha value is -1.48. The zero-order chi connectivity index (χ0) is 15.4. The minimum atomic E-state index is 0.159. The summed E-state index contributed by atoms with van der Waals surface area (Å²) in [6.45, 7) is 0. The topological polar surface area (TPSA) is 12.9 Å². The number of benzene rings is 2. The third kappa shape index (κ3) is 3.83. The molecule has 0 saturated heterocycles. The fourth-order valence-corrected chi connectivity index (χ4v) is 3.53. The van der Waals surface area contributed by atoms with Crippen LogP contribution in [0.15, 0.2) is 78.0 Å². The minimum Gasteiger partial charge on any atom is -0.264 e. The van der Waals surface area contributed by atoms with E-state index in [2.05, 4.69) is 23.2 Å². The normalized spacial score (nSPS) is 12.1. The predicted molar refractivity (Wildman–Crippen MR) is 94.8 cm³/mol. The van der Waals surface area contributed by atoms with Crippen molar-refractivity contribution in [1.82, 2.24) is 4.98 Å². The van der Waals surface area contributed by atoms with Crippen LogP contribution in [0.4, 0.5) is 0 Å². The van der Waals surface area contributed by atoms with Crippen LogP contribution in [0.1, 0.15) is 16.4 Å². The molecule has 110 valence electrons. The molecule has 0 aliphatic carbocycles. The molecule has 1 unspecified atom stereocenters. The van der Waals surface area contributed by atoms with Crippen molar-refractivity contribution in [2.24, 2.45) is 0 Å². The van der Waals surface area contributed by atoms with Crippen molar-refractivity contribution >= 4 is 35.0 Å². The Kier molecular flexibility index (Phi) is 5.04. The third-order valence-corrected chi connectivity index (χ3v) is 5.06. The Morgan fingerprint density at radius 3 is 2.00 bits per heavy atom. The maximum Gasteiger partial charge on any atom is 0.0609 e. The molecule has 0 aliphatic heterocycles. The molecular formula is C18H13Cl2NS. The Morgan fingerprint density at radius 1 is 0.773 bits per heavy atom. The van der Waals surface area contributed by atoms with E-state index in [9.17, 15) is 0 Å². The Bertz CT molecular complexity index is 727. The van der Waals surface area contributed by atoms with Gasteiger partial charge >= 0.3 is 0 Å². The van der Waals surface area contributed by atoms with Crippen LogP contribution in [0, 0.1) is 0 Å². The van der Waals surface area contributed by atoms with Crippen LogP contribution in [0.2, 0.25) is 10.0 Å². The first-order chi connectivity index (χ1) is 10.7. The van der Waals surface area contributed by atoms with Crippen LogP contribution in [-0.2, 0) is 0 Å². The van der Waals surface area contributed by atoms with E-state index in [4.69, 9.17) is 23.2 Å². The van der Waals surface area contributed by atoms with Gasteiger partial charge in [0.2, 0.25) is 0 Å². The van der Waals surface area contributed by atoms with E-state index in [1.165, 1.54) is 5.56 Å². The molecule has 1 aromatic heterocycles. The van der Waals surface area contributed by atoms with Gasteiger partial charge in [0.15, 0.2) is 0 Å². The van der Waals surface area contributed by atoms with Gasteiger partial charge in [-0.1, -0.05) is 41.4 Å². The second kappa shape index (κ2) is 7.19. The van der Waals surface area contributed by atoms with Crippen LogP contribution >= 0.6 is 35.0 Å². The molecule has 0 fully saturated rings. The van der Waals surface area contributed by atoms with Crippen molar-refractivity contribution in [2.45, 2.75) is 10.1 Å². The Morgan fingerprint density at radius 2 is 1.41 bits per heavy atom. The van der Waals surface area contributed by atoms with E-state index in [1.807, 2.05) is 48.7 Å². The summed E-state index contributed by atoms with van der Waals surface area (Å²) in [6.07, 6.45) is 3.69. The van der Waals surface area contributed by atoms with Crippen molar-refractivity contribution < 1.29 is 0 Å². The predicted octanol–water partition coefficient (Wildman–Crippen LogP) is 6.27. The number of nitrogens with zero attached hydrogens (tertiary/aromatic N) is 1. The van der Waals surface area contributed by atoms with E-state index in [0.29, 0.717) is 0 Å². The number of thioether (sulfide) groups is 1. The fraction of sp³-hybridized carbons (Fsp3) is 0.0556. The van der Waals surface area contributed by atoms with Crippen molar-refractivity contribution in [1.29, 1.82) is 0 Å². The van der Waals surface area contributed by atoms with E-state index in [1.54, 1.807) is 18.0 Å². The lowest BCUT2D eigenvalue weighted by atomic mass is 10.1. The number of halogens is 2. The van der Waals surface area contributed by atoms with Crippen LogP contribution in [-0.4, -0.2) is 4.98 Å². The van der Waals surface area contributed by atoms with Gasteiger partial charge in [-0.25, -0.2) is 0 Å². The lowest BCUT2D eigenvalue weighted by molar-refractivity contribution is 1.11. The van der Waals surface area contributed by atoms with E-state index in [0.717, 1.165) is 20.5 Å². The van der Waals surface area contributed by atoms with E-state index >= 15 is 0 Å². The summed E-state index contributed by atoms with van der Waals surface area (Å²) in [6, 6.07) is 19.9. The monoisotopic (exact) mass is 345 g/mol. The van der Waals surface area contributed by atoms with Crippen molar-refractivity contribution in [3.63, 3.8) is 0 Å². The van der Waals surface area contributed by atoms with Gasteiger partial charge in [-0.3, -0.25) is 4.98 Å². The molecule has 3 rings (SSSR count). The molecule has 0 N–H and O–H groups in total. The molecule has 0 bridgehead atoms. The van der Waals surface area contributed by atoms with Gasteiger partial charge in [0.05, 0.1) is 5.25 Å². The molecule has 1 nitrogen and oxygen atoms in total. The second-order valence-electron chi connectivity index (χ2n) is 4.79. The molecular weight excluding hydrogens is 333 g/mol. The summed E-state index contributed by atoms with van der Waals surface area (Å²) >= 11 is 13.7. The van der Waals surface area contributed by atoms with Crippen LogP contribution < -0.4 is 0 Å². The average Bonchev–Trinajstić information content (AvgIpc) is 2.56. The van der Waals surface area contributed by atoms with Gasteiger partial charge in [0.25, 0.3) is 0 Å². The maximum absolute atomic E-state index is 6.01. The first-order valence-corrected chi connectivity index (χ1v) is 8.43. The van der Waals surface area contributed by atoms with E-state index in [-0.39, 0.29) is 5.25 Å². The average molecular weight is 346 g/mol. The molecule has 0 saturated carbocycles. The van der Waals surface area contributed by atoms with Crippen LogP contribution in [0.3, 0.4) is 0 Å². The lowest BCUT2D eigenvalue weighted by Crippen LogP contribution is -1.97. The number of aromatic nitrogens is 1. The minimum absolute atomic E-state index is 0.159. The molecule has 0 amide bonds. The quantitative estimate of drug-likeness (QED) is 0.516. The van der Waals surface area contributed by atoms with Gasteiger partial charge in [-0.05, 0) is 53.6 Å². The van der Waals surface area contributed by atoms with Crippen molar-refractivity contribution in [3.05, 3.63) is 94.2 Å². The highest BCUT2D eigenvalue weighted by Gasteiger charge is 2.16. The molecule has 2 aromatic carbocycles. The van der Waals surface area contributed by atoms with Gasteiger partial charge in [0.1, 0.15) is 0 Å². The molecule has 4 heteroatoms. The standard InChI is InChI=1S/C18H13Cl2NS/c19-15-5-3-13(4-6-15)18(14-2-1-11-21-12-14)22-17-9-7-16(20)8-10-17/h1-12,18H. The highest BCUT2D eigenvalue weighted by atomic mass is 35.5. The number of hydrogen-bond donors (Lipinski definition) is 0. The number of rotatable bonds is 4. The lowest BCUT2D eigenvalue weighted by Gasteiger charge is -2.17. The molecule has 1 atom stereocenters. The zero-order valence-electron chi connectivity index (χ0n) is 11.6. The molecule has 1 heterocycles. The summed E-state index contributed by atoms with van der Waals surface area (Å²) in [5, 5.41) is 1.64. The first kappa shape index (κ1) is 15.4. The molecule has 0 spiro atoms. The summed E-state index contributed by atoms with van der Waals surface area (Å²) in [5.74, 6) is 0. The first-order valence-electron chi connectivity index (χ1n) is 6.80. The Balaban J connectivity index is 1.96. The molecule has 0 aliphatic rings. The van der Waals surface area contributed by atoms with Gasteiger partial charge < -0.3 is 0 Å². The second-order valence-corrected chi connectivity index (χ2v) is 6.84. The zero-order valence-corrected chi connectivity index (χ0v) is 13.9. The van der Waals surface area contributed by atoms with Gasteiger partial charge in [-0.15, -0.1) is 11.8 Å². The maximum atomic E-state index is 6.01. The van der Waals surface area contributed by atoms with Crippen molar-refractivity contribution in [2.75, 3.05) is 0 Å². The summed E-state index contributed by atoms with van der Waals surface area (Å²) in [5.41, 5.74) is 2.35. The highest BCUT2D eigenvalue weighted by molar-refractivity contribution is 7.99.